The fraction of sp³-hybridized carbons (Fsp3) is 0.238. The van der Waals surface area contributed by atoms with Gasteiger partial charge in [0.25, 0.3) is 5.91 Å². The fourth-order valence-electron chi connectivity index (χ4n) is 3.56. The minimum Gasteiger partial charge on any atom is -0.308 e. The molecule has 1 amide bonds. The van der Waals surface area contributed by atoms with Crippen LogP contribution in [0.4, 0.5) is 18.9 Å². The maximum Gasteiger partial charge on any atom is 0.416 e. The van der Waals surface area contributed by atoms with Gasteiger partial charge in [-0.3, -0.25) is 4.79 Å². The molecule has 28 heavy (non-hydrogen) atoms. The minimum atomic E-state index is -4.39. The van der Waals surface area contributed by atoms with Gasteiger partial charge in [-0.2, -0.15) is 18.3 Å². The molecule has 0 aliphatic carbocycles. The number of fused-ring (bicyclic) bond motifs is 1. The molecule has 1 aliphatic heterocycles. The van der Waals surface area contributed by atoms with Gasteiger partial charge < -0.3 is 4.90 Å². The molecule has 0 unspecified atom stereocenters. The first-order valence-electron chi connectivity index (χ1n) is 8.98. The molecule has 1 aromatic heterocycles. The van der Waals surface area contributed by atoms with Gasteiger partial charge in [0.15, 0.2) is 0 Å². The maximum absolute atomic E-state index is 13.1. The molecule has 0 saturated carbocycles. The highest BCUT2D eigenvalue weighted by atomic mass is 19.4. The van der Waals surface area contributed by atoms with Crippen LogP contribution < -0.4 is 4.90 Å². The van der Waals surface area contributed by atoms with Crippen molar-refractivity contribution in [3.05, 3.63) is 77.1 Å². The van der Waals surface area contributed by atoms with Crippen molar-refractivity contribution in [3.63, 3.8) is 0 Å². The molecule has 4 nitrogen and oxygen atoms in total. The third kappa shape index (κ3) is 3.17. The third-order valence-corrected chi connectivity index (χ3v) is 5.03. The monoisotopic (exact) mass is 385 g/mol. The highest BCUT2D eigenvalue weighted by Crippen LogP contribution is 2.31. The van der Waals surface area contributed by atoms with Crippen LogP contribution in [-0.4, -0.2) is 22.2 Å². The van der Waals surface area contributed by atoms with Crippen LogP contribution in [0.3, 0.4) is 0 Å². The zero-order valence-corrected chi connectivity index (χ0v) is 15.2. The molecule has 0 N–H and O–H groups in total. The van der Waals surface area contributed by atoms with E-state index in [2.05, 4.69) is 5.10 Å². The lowest BCUT2D eigenvalue weighted by Crippen LogP contribution is -2.35. The lowest BCUT2D eigenvalue weighted by atomic mass is 10.0. The number of rotatable bonds is 2. The molecule has 0 fully saturated rings. The lowest BCUT2D eigenvalue weighted by molar-refractivity contribution is -0.137. The summed E-state index contributed by atoms with van der Waals surface area (Å²) in [4.78, 5) is 14.9. The molecule has 0 radical (unpaired) electrons. The summed E-state index contributed by atoms with van der Waals surface area (Å²) in [5.41, 5.74) is 2.82. The molecule has 0 bridgehead atoms. The summed E-state index contributed by atoms with van der Waals surface area (Å²) in [6, 6.07) is 12.6. The number of benzene rings is 2. The highest BCUT2D eigenvalue weighted by Gasteiger charge is 2.30. The second-order valence-electron chi connectivity index (χ2n) is 6.79. The smallest absolute Gasteiger partial charge is 0.308 e. The highest BCUT2D eigenvalue weighted by molar-refractivity contribution is 6.07. The number of carbonyl (C=O) groups excluding carboxylic acids is 1. The Morgan fingerprint density at radius 3 is 2.50 bits per heavy atom. The SMILES string of the molecule is Cc1c(C(=O)N2CCCc3ccccc32)cnn1-c1ccc(C(F)(F)F)cc1. The summed E-state index contributed by atoms with van der Waals surface area (Å²) in [5.74, 6) is -0.150. The summed E-state index contributed by atoms with van der Waals surface area (Å²) in [5, 5.41) is 4.24. The minimum absolute atomic E-state index is 0.150. The van der Waals surface area contributed by atoms with Gasteiger partial charge in [-0.1, -0.05) is 18.2 Å². The number of alkyl halides is 3. The second kappa shape index (κ2) is 6.82. The van der Waals surface area contributed by atoms with Crippen LogP contribution >= 0.6 is 0 Å². The molecule has 0 atom stereocenters. The average Bonchev–Trinajstić information content (AvgIpc) is 3.08. The van der Waals surface area contributed by atoms with E-state index in [9.17, 15) is 18.0 Å². The Labute approximate surface area is 160 Å². The van der Waals surface area contributed by atoms with Crippen LogP contribution in [0.1, 0.15) is 33.6 Å². The predicted molar refractivity (Wildman–Crippen MR) is 99.7 cm³/mol. The number of aryl methyl sites for hydroxylation is 1. The number of para-hydroxylation sites is 1. The Bertz CT molecular complexity index is 1020. The van der Waals surface area contributed by atoms with Crippen molar-refractivity contribution < 1.29 is 18.0 Å². The molecule has 7 heteroatoms. The van der Waals surface area contributed by atoms with Gasteiger partial charge in [0.2, 0.25) is 0 Å². The number of hydrogen-bond donors (Lipinski definition) is 0. The summed E-state index contributed by atoms with van der Waals surface area (Å²) in [7, 11) is 0. The van der Waals surface area contributed by atoms with E-state index < -0.39 is 11.7 Å². The van der Waals surface area contributed by atoms with Crippen molar-refractivity contribution in [2.24, 2.45) is 0 Å². The number of halogens is 3. The Morgan fingerprint density at radius 1 is 1.07 bits per heavy atom. The van der Waals surface area contributed by atoms with E-state index in [4.69, 9.17) is 0 Å². The largest absolute Gasteiger partial charge is 0.416 e. The molecule has 2 heterocycles. The van der Waals surface area contributed by atoms with Crippen molar-refractivity contribution >= 4 is 11.6 Å². The standard InChI is InChI=1S/C21H18F3N3O/c1-14-18(20(28)26-12-4-6-15-5-2-3-7-19(15)26)13-25-27(14)17-10-8-16(9-11-17)21(22,23)24/h2-3,5,7-11,13H,4,6,12H2,1H3. The van der Waals surface area contributed by atoms with Crippen LogP contribution in [0.15, 0.2) is 54.7 Å². The van der Waals surface area contributed by atoms with E-state index in [1.54, 1.807) is 11.8 Å². The zero-order chi connectivity index (χ0) is 19.9. The first kappa shape index (κ1) is 18.3. The average molecular weight is 385 g/mol. The number of anilines is 1. The van der Waals surface area contributed by atoms with Gasteiger partial charge in [-0.05, 0) is 55.7 Å². The van der Waals surface area contributed by atoms with Crippen LogP contribution in [0.25, 0.3) is 5.69 Å². The first-order valence-corrected chi connectivity index (χ1v) is 8.98. The van der Waals surface area contributed by atoms with Crippen molar-refractivity contribution in [2.45, 2.75) is 25.9 Å². The zero-order valence-electron chi connectivity index (χ0n) is 15.2. The molecule has 3 aromatic rings. The Kier molecular flexibility index (Phi) is 4.45. The van der Waals surface area contributed by atoms with E-state index in [0.717, 1.165) is 36.2 Å². The van der Waals surface area contributed by atoms with Gasteiger partial charge in [0.1, 0.15) is 0 Å². The number of hydrogen-bond acceptors (Lipinski definition) is 2. The Hall–Kier alpha value is -3.09. The van der Waals surface area contributed by atoms with Crippen LogP contribution in [-0.2, 0) is 12.6 Å². The normalized spacial score (nSPS) is 14.1. The molecule has 0 saturated heterocycles. The number of carbonyl (C=O) groups is 1. The van der Waals surface area contributed by atoms with Gasteiger partial charge >= 0.3 is 6.18 Å². The van der Waals surface area contributed by atoms with Gasteiger partial charge in [-0.25, -0.2) is 4.68 Å². The lowest BCUT2D eigenvalue weighted by Gasteiger charge is -2.29. The molecule has 4 rings (SSSR count). The van der Waals surface area contributed by atoms with E-state index in [0.29, 0.717) is 23.5 Å². The van der Waals surface area contributed by atoms with Crippen LogP contribution in [0, 0.1) is 6.92 Å². The van der Waals surface area contributed by atoms with Crippen LogP contribution in [0.2, 0.25) is 0 Å². The predicted octanol–water partition coefficient (Wildman–Crippen LogP) is 4.79. The van der Waals surface area contributed by atoms with Gasteiger partial charge in [-0.15, -0.1) is 0 Å². The Morgan fingerprint density at radius 2 is 1.79 bits per heavy atom. The summed E-state index contributed by atoms with van der Waals surface area (Å²) >= 11 is 0. The van der Waals surface area contributed by atoms with E-state index >= 15 is 0 Å². The second-order valence-corrected chi connectivity index (χ2v) is 6.79. The number of nitrogens with zero attached hydrogens (tertiary/aromatic N) is 3. The first-order chi connectivity index (χ1) is 13.4. The molecule has 2 aromatic carbocycles. The summed E-state index contributed by atoms with van der Waals surface area (Å²) in [6.45, 7) is 2.37. The number of amides is 1. The molecule has 0 spiro atoms. The van der Waals surface area contributed by atoms with Crippen molar-refractivity contribution in [2.75, 3.05) is 11.4 Å². The summed E-state index contributed by atoms with van der Waals surface area (Å²) in [6.07, 6.45) is -1.09. The topological polar surface area (TPSA) is 38.1 Å². The summed E-state index contributed by atoms with van der Waals surface area (Å²) < 4.78 is 39.8. The number of aromatic nitrogens is 2. The molecule has 144 valence electrons. The van der Waals surface area contributed by atoms with E-state index in [1.165, 1.54) is 23.0 Å². The molecular formula is C21H18F3N3O. The van der Waals surface area contributed by atoms with Gasteiger partial charge in [0, 0.05) is 12.2 Å². The van der Waals surface area contributed by atoms with E-state index in [1.807, 2.05) is 24.3 Å². The van der Waals surface area contributed by atoms with Gasteiger partial charge in [0.05, 0.1) is 28.7 Å². The molecule has 1 aliphatic rings. The third-order valence-electron chi connectivity index (χ3n) is 5.03. The van der Waals surface area contributed by atoms with Crippen molar-refractivity contribution in [3.8, 4) is 5.69 Å². The van der Waals surface area contributed by atoms with Crippen LogP contribution in [0.5, 0.6) is 0 Å². The molecular weight excluding hydrogens is 367 g/mol. The fourth-order valence-corrected chi connectivity index (χ4v) is 3.56. The Balaban J connectivity index is 1.65. The van der Waals surface area contributed by atoms with Crippen molar-refractivity contribution in [1.29, 1.82) is 0 Å². The quantitative estimate of drug-likeness (QED) is 0.636. The van der Waals surface area contributed by atoms with Crippen molar-refractivity contribution in [1.82, 2.24) is 9.78 Å². The maximum atomic E-state index is 13.1. The van der Waals surface area contributed by atoms with E-state index in [-0.39, 0.29) is 5.91 Å².